The molecule has 1 nitrogen and oxygen atoms in total. The average molecular weight is 197 g/mol. The van der Waals surface area contributed by atoms with Crippen LogP contribution in [0.25, 0.3) is 0 Å². The molecule has 1 heterocycles. The van der Waals surface area contributed by atoms with Crippen LogP contribution >= 0.6 is 0 Å². The topological polar surface area (TPSA) is 3.24 Å². The third kappa shape index (κ3) is 4.00. The lowest BCUT2D eigenvalue weighted by Gasteiger charge is -2.33. The lowest BCUT2D eigenvalue weighted by molar-refractivity contribution is 0.156. The molecule has 1 aliphatic heterocycles. The fourth-order valence-electron chi connectivity index (χ4n) is 2.13. The Morgan fingerprint density at radius 3 is 2.64 bits per heavy atom. The van der Waals surface area contributed by atoms with Crippen molar-refractivity contribution in [2.75, 3.05) is 19.6 Å². The highest BCUT2D eigenvalue weighted by molar-refractivity contribution is 4.73. The largest absolute Gasteiger partial charge is 0.303 e. The molecule has 14 heavy (non-hydrogen) atoms. The highest BCUT2D eigenvalue weighted by atomic mass is 15.1. The Kier molecular flexibility index (Phi) is 4.43. The summed E-state index contributed by atoms with van der Waals surface area (Å²) >= 11 is 0. The SMILES string of the molecule is CCC(C)(C)CCN1CCC[C@H](C)C1. The van der Waals surface area contributed by atoms with Crippen LogP contribution in [-0.4, -0.2) is 24.5 Å². The van der Waals surface area contributed by atoms with E-state index in [1.54, 1.807) is 0 Å². The predicted octanol–water partition coefficient (Wildman–Crippen LogP) is 3.54. The van der Waals surface area contributed by atoms with Gasteiger partial charge in [0, 0.05) is 6.54 Å². The van der Waals surface area contributed by atoms with Crippen LogP contribution in [0.5, 0.6) is 0 Å². The maximum atomic E-state index is 2.66. The Morgan fingerprint density at radius 2 is 2.07 bits per heavy atom. The van der Waals surface area contributed by atoms with E-state index in [1.165, 1.54) is 45.3 Å². The molecule has 0 bridgehead atoms. The molecule has 0 aromatic rings. The fourth-order valence-corrected chi connectivity index (χ4v) is 2.13. The molecule has 1 rings (SSSR count). The van der Waals surface area contributed by atoms with Crippen molar-refractivity contribution in [2.45, 2.75) is 53.4 Å². The van der Waals surface area contributed by atoms with E-state index in [0.717, 1.165) is 5.92 Å². The van der Waals surface area contributed by atoms with Crippen molar-refractivity contribution in [3.63, 3.8) is 0 Å². The van der Waals surface area contributed by atoms with Gasteiger partial charge in [0.25, 0.3) is 0 Å². The lowest BCUT2D eigenvalue weighted by atomic mass is 9.86. The molecule has 0 aromatic carbocycles. The summed E-state index contributed by atoms with van der Waals surface area (Å²) in [7, 11) is 0. The van der Waals surface area contributed by atoms with Gasteiger partial charge in [0.1, 0.15) is 0 Å². The molecule has 0 aromatic heterocycles. The maximum Gasteiger partial charge on any atom is 0.000703 e. The molecule has 1 aliphatic rings. The Labute approximate surface area is 89.9 Å². The van der Waals surface area contributed by atoms with Crippen molar-refractivity contribution >= 4 is 0 Å². The monoisotopic (exact) mass is 197 g/mol. The summed E-state index contributed by atoms with van der Waals surface area (Å²) in [5, 5.41) is 0. The van der Waals surface area contributed by atoms with E-state index < -0.39 is 0 Å². The second-order valence-electron chi connectivity index (χ2n) is 5.82. The number of nitrogens with zero attached hydrogens (tertiary/aromatic N) is 1. The Bertz CT molecular complexity index is 163. The summed E-state index contributed by atoms with van der Waals surface area (Å²) in [5.74, 6) is 0.925. The van der Waals surface area contributed by atoms with Gasteiger partial charge in [-0.3, -0.25) is 0 Å². The number of hydrogen-bond acceptors (Lipinski definition) is 1. The molecule has 0 unspecified atom stereocenters. The molecule has 84 valence electrons. The molecule has 0 amide bonds. The van der Waals surface area contributed by atoms with E-state index in [9.17, 15) is 0 Å². The van der Waals surface area contributed by atoms with Crippen LogP contribution in [0, 0.1) is 11.3 Å². The number of hydrogen-bond donors (Lipinski definition) is 0. The summed E-state index contributed by atoms with van der Waals surface area (Å²) in [6, 6.07) is 0. The van der Waals surface area contributed by atoms with Gasteiger partial charge in [0.2, 0.25) is 0 Å². The van der Waals surface area contributed by atoms with Crippen LogP contribution in [0.2, 0.25) is 0 Å². The van der Waals surface area contributed by atoms with Crippen LogP contribution in [-0.2, 0) is 0 Å². The van der Waals surface area contributed by atoms with Crippen LogP contribution in [0.3, 0.4) is 0 Å². The zero-order valence-electron chi connectivity index (χ0n) is 10.5. The van der Waals surface area contributed by atoms with E-state index in [1.807, 2.05) is 0 Å². The first-order valence-electron chi connectivity index (χ1n) is 6.26. The molecule has 0 spiro atoms. The van der Waals surface area contributed by atoms with Crippen molar-refractivity contribution in [3.05, 3.63) is 0 Å². The zero-order valence-corrected chi connectivity index (χ0v) is 10.5. The first-order chi connectivity index (χ1) is 6.53. The molecular formula is C13H27N. The summed E-state index contributed by atoms with van der Waals surface area (Å²) in [6.45, 7) is 13.5. The highest BCUT2D eigenvalue weighted by Gasteiger charge is 2.20. The van der Waals surface area contributed by atoms with E-state index in [-0.39, 0.29) is 0 Å². The van der Waals surface area contributed by atoms with Gasteiger partial charge < -0.3 is 4.90 Å². The normalized spacial score (nSPS) is 25.3. The van der Waals surface area contributed by atoms with Gasteiger partial charge in [-0.15, -0.1) is 0 Å². The molecule has 0 saturated carbocycles. The summed E-state index contributed by atoms with van der Waals surface area (Å²) in [5.41, 5.74) is 0.542. The second-order valence-corrected chi connectivity index (χ2v) is 5.82. The van der Waals surface area contributed by atoms with Crippen LogP contribution < -0.4 is 0 Å². The number of rotatable bonds is 4. The third-order valence-corrected chi connectivity index (χ3v) is 3.80. The molecule has 0 radical (unpaired) electrons. The first kappa shape index (κ1) is 12.0. The van der Waals surface area contributed by atoms with Crippen molar-refractivity contribution in [1.29, 1.82) is 0 Å². The fraction of sp³-hybridized carbons (Fsp3) is 1.00. The summed E-state index contributed by atoms with van der Waals surface area (Å²) < 4.78 is 0. The molecule has 1 heteroatoms. The second kappa shape index (κ2) is 5.16. The minimum Gasteiger partial charge on any atom is -0.303 e. The van der Waals surface area contributed by atoms with Crippen LogP contribution in [0.15, 0.2) is 0 Å². The molecule has 1 saturated heterocycles. The van der Waals surface area contributed by atoms with Gasteiger partial charge >= 0.3 is 0 Å². The molecule has 0 N–H and O–H groups in total. The minimum absolute atomic E-state index is 0.542. The van der Waals surface area contributed by atoms with Crippen molar-refractivity contribution in [3.8, 4) is 0 Å². The Hall–Kier alpha value is -0.0400. The predicted molar refractivity (Wildman–Crippen MR) is 63.5 cm³/mol. The molecular weight excluding hydrogens is 170 g/mol. The number of likely N-dealkylation sites (tertiary alicyclic amines) is 1. The van der Waals surface area contributed by atoms with E-state index >= 15 is 0 Å². The van der Waals surface area contributed by atoms with E-state index in [0.29, 0.717) is 5.41 Å². The van der Waals surface area contributed by atoms with Crippen molar-refractivity contribution in [2.24, 2.45) is 11.3 Å². The Balaban J connectivity index is 2.23. The van der Waals surface area contributed by atoms with Crippen molar-refractivity contribution in [1.82, 2.24) is 4.90 Å². The minimum atomic E-state index is 0.542. The zero-order chi connectivity index (χ0) is 10.6. The third-order valence-electron chi connectivity index (χ3n) is 3.80. The van der Waals surface area contributed by atoms with Gasteiger partial charge in [-0.25, -0.2) is 0 Å². The van der Waals surface area contributed by atoms with Crippen LogP contribution in [0.4, 0.5) is 0 Å². The van der Waals surface area contributed by atoms with Crippen LogP contribution in [0.1, 0.15) is 53.4 Å². The van der Waals surface area contributed by atoms with Gasteiger partial charge in [0.15, 0.2) is 0 Å². The number of piperidine rings is 1. The molecule has 1 fully saturated rings. The summed E-state index contributed by atoms with van der Waals surface area (Å²) in [4.78, 5) is 2.66. The van der Waals surface area contributed by atoms with Gasteiger partial charge in [-0.05, 0) is 43.7 Å². The molecule has 1 atom stereocenters. The quantitative estimate of drug-likeness (QED) is 0.666. The Morgan fingerprint density at radius 1 is 1.36 bits per heavy atom. The smallest absolute Gasteiger partial charge is 0.000703 e. The standard InChI is InChI=1S/C13H27N/c1-5-13(3,4)8-10-14-9-6-7-12(2)11-14/h12H,5-11H2,1-4H3/t12-/m0/s1. The van der Waals surface area contributed by atoms with Crippen molar-refractivity contribution < 1.29 is 0 Å². The van der Waals surface area contributed by atoms with Gasteiger partial charge in [-0.2, -0.15) is 0 Å². The average Bonchev–Trinajstić information content (AvgIpc) is 2.15. The molecule has 0 aliphatic carbocycles. The van der Waals surface area contributed by atoms with E-state index in [4.69, 9.17) is 0 Å². The highest BCUT2D eigenvalue weighted by Crippen LogP contribution is 2.25. The van der Waals surface area contributed by atoms with E-state index in [2.05, 4.69) is 32.6 Å². The first-order valence-corrected chi connectivity index (χ1v) is 6.26. The maximum absolute atomic E-state index is 2.66. The van der Waals surface area contributed by atoms with Gasteiger partial charge in [0.05, 0.1) is 0 Å². The summed E-state index contributed by atoms with van der Waals surface area (Å²) in [6.07, 6.45) is 5.51. The van der Waals surface area contributed by atoms with Gasteiger partial charge in [-0.1, -0.05) is 34.1 Å². The lowest BCUT2D eigenvalue weighted by Crippen LogP contribution is -2.36.